The van der Waals surface area contributed by atoms with Gasteiger partial charge in [-0.25, -0.2) is 0 Å². The summed E-state index contributed by atoms with van der Waals surface area (Å²) in [5.41, 5.74) is 3.95. The fraction of sp³-hybridized carbons (Fsp3) is 0.385. The molecule has 1 aliphatic rings. The van der Waals surface area contributed by atoms with E-state index in [1.807, 2.05) is 0 Å². The van der Waals surface area contributed by atoms with Crippen molar-refractivity contribution in [2.24, 2.45) is 0 Å². The fourth-order valence-corrected chi connectivity index (χ4v) is 3.19. The van der Waals surface area contributed by atoms with Gasteiger partial charge >= 0.3 is 0 Å². The van der Waals surface area contributed by atoms with Gasteiger partial charge in [-0.05, 0) is 23.1 Å². The molecular weight excluding hydrogens is 227 g/mol. The highest BCUT2D eigenvalue weighted by Gasteiger charge is 2.33. The van der Waals surface area contributed by atoms with Gasteiger partial charge in [0.1, 0.15) is 4.49 Å². The third kappa shape index (κ3) is 1.70. The quantitative estimate of drug-likeness (QED) is 0.649. The zero-order valence-corrected chi connectivity index (χ0v) is 10.4. The number of benzene rings is 1. The lowest BCUT2D eigenvalue weighted by Gasteiger charge is -2.13. The minimum Gasteiger partial charge on any atom is -0.0709 e. The highest BCUT2D eigenvalue weighted by Crippen LogP contribution is 2.49. The van der Waals surface area contributed by atoms with Gasteiger partial charge in [-0.3, -0.25) is 0 Å². The summed E-state index contributed by atoms with van der Waals surface area (Å²) in [7, 11) is 0. The Balaban J connectivity index is 2.59. The first-order valence-corrected chi connectivity index (χ1v) is 6.06. The molecule has 0 saturated heterocycles. The van der Waals surface area contributed by atoms with E-state index in [9.17, 15) is 0 Å². The van der Waals surface area contributed by atoms with Crippen molar-refractivity contribution < 1.29 is 0 Å². The van der Waals surface area contributed by atoms with Crippen molar-refractivity contribution in [3.63, 3.8) is 0 Å². The molecule has 0 fully saturated rings. The van der Waals surface area contributed by atoms with Gasteiger partial charge in [0.15, 0.2) is 0 Å². The van der Waals surface area contributed by atoms with Gasteiger partial charge in [0, 0.05) is 11.8 Å². The van der Waals surface area contributed by atoms with E-state index >= 15 is 0 Å². The van der Waals surface area contributed by atoms with E-state index in [0.29, 0.717) is 16.3 Å². The molecule has 0 radical (unpaired) electrons. The number of fused-ring (bicyclic) bond motifs is 1. The summed E-state index contributed by atoms with van der Waals surface area (Å²) in [4.78, 5) is 0. The van der Waals surface area contributed by atoms with Crippen molar-refractivity contribution >= 4 is 23.2 Å². The Bertz CT molecular complexity index is 403. The maximum Gasteiger partial charge on any atom is 0.107 e. The molecule has 2 rings (SSSR count). The van der Waals surface area contributed by atoms with E-state index in [2.05, 4.69) is 38.1 Å². The van der Waals surface area contributed by atoms with Crippen LogP contribution >= 0.6 is 23.2 Å². The molecule has 0 nitrogen and oxygen atoms in total. The van der Waals surface area contributed by atoms with E-state index in [1.165, 1.54) is 16.7 Å². The van der Waals surface area contributed by atoms with Crippen molar-refractivity contribution in [2.45, 2.75) is 32.1 Å². The molecule has 0 bridgehead atoms. The van der Waals surface area contributed by atoms with Crippen LogP contribution < -0.4 is 0 Å². The second-order valence-corrected chi connectivity index (χ2v) is 4.98. The Morgan fingerprint density at radius 1 is 1.20 bits per heavy atom. The van der Waals surface area contributed by atoms with E-state index in [4.69, 9.17) is 23.2 Å². The first-order chi connectivity index (χ1) is 7.16. The van der Waals surface area contributed by atoms with E-state index in [0.717, 1.165) is 6.42 Å². The summed E-state index contributed by atoms with van der Waals surface area (Å²) in [5.74, 6) is 0.761. The summed E-state index contributed by atoms with van der Waals surface area (Å²) < 4.78 is 0.450. The second-order valence-electron chi connectivity index (χ2n) is 4.03. The highest BCUT2D eigenvalue weighted by molar-refractivity contribution is 6.56. The van der Waals surface area contributed by atoms with Crippen LogP contribution in [0.4, 0.5) is 0 Å². The van der Waals surface area contributed by atoms with Gasteiger partial charge < -0.3 is 0 Å². The van der Waals surface area contributed by atoms with Crippen molar-refractivity contribution in [1.82, 2.24) is 0 Å². The van der Waals surface area contributed by atoms with Gasteiger partial charge in [-0.2, -0.15) is 0 Å². The van der Waals surface area contributed by atoms with Crippen LogP contribution in [-0.2, 0) is 0 Å². The van der Waals surface area contributed by atoms with Gasteiger partial charge in [-0.15, -0.1) is 0 Å². The summed E-state index contributed by atoms with van der Waals surface area (Å²) >= 11 is 12.0. The van der Waals surface area contributed by atoms with E-state index in [-0.39, 0.29) is 0 Å². The van der Waals surface area contributed by atoms with Gasteiger partial charge in [0.25, 0.3) is 0 Å². The summed E-state index contributed by atoms with van der Waals surface area (Å²) in [5, 5.41) is 0. The van der Waals surface area contributed by atoms with Gasteiger partial charge in [0.05, 0.1) is 0 Å². The van der Waals surface area contributed by atoms with Crippen LogP contribution in [0, 0.1) is 0 Å². The predicted molar refractivity (Wildman–Crippen MR) is 66.6 cm³/mol. The van der Waals surface area contributed by atoms with Crippen molar-refractivity contribution in [1.29, 1.82) is 0 Å². The smallest absolute Gasteiger partial charge is 0.0709 e. The Morgan fingerprint density at radius 2 is 1.80 bits per heavy atom. The Labute approximate surface area is 101 Å². The molecule has 2 unspecified atom stereocenters. The topological polar surface area (TPSA) is 0 Å². The maximum atomic E-state index is 5.99. The molecule has 2 atom stereocenters. The lowest BCUT2D eigenvalue weighted by atomic mass is 9.94. The minimum absolute atomic E-state index is 0.358. The molecule has 0 saturated carbocycles. The van der Waals surface area contributed by atoms with Crippen LogP contribution in [0.25, 0.3) is 0 Å². The Morgan fingerprint density at radius 3 is 2.33 bits per heavy atom. The minimum atomic E-state index is 0.358. The lowest BCUT2D eigenvalue weighted by Crippen LogP contribution is -1.96. The monoisotopic (exact) mass is 240 g/mol. The average Bonchev–Trinajstić information content (AvgIpc) is 2.52. The first kappa shape index (κ1) is 11.0. The average molecular weight is 241 g/mol. The van der Waals surface area contributed by atoms with Crippen molar-refractivity contribution in [3.8, 4) is 0 Å². The molecule has 2 heteroatoms. The molecule has 0 spiro atoms. The normalized spacial score (nSPS) is 24.1. The summed E-state index contributed by atoms with van der Waals surface area (Å²) in [6, 6.07) is 8.52. The fourth-order valence-electron chi connectivity index (χ4n) is 2.59. The van der Waals surface area contributed by atoms with Crippen LogP contribution in [0.2, 0.25) is 0 Å². The molecular formula is C13H14Cl2. The third-order valence-corrected chi connectivity index (χ3v) is 3.74. The zero-order chi connectivity index (χ0) is 11.0. The molecule has 1 aromatic rings. The lowest BCUT2D eigenvalue weighted by molar-refractivity contribution is 0.751. The van der Waals surface area contributed by atoms with Gasteiger partial charge in [0.2, 0.25) is 0 Å². The van der Waals surface area contributed by atoms with Crippen LogP contribution in [0.3, 0.4) is 0 Å². The zero-order valence-electron chi connectivity index (χ0n) is 8.93. The van der Waals surface area contributed by atoms with Crippen molar-refractivity contribution in [2.75, 3.05) is 0 Å². The maximum absolute atomic E-state index is 5.99. The molecule has 15 heavy (non-hydrogen) atoms. The van der Waals surface area contributed by atoms with E-state index in [1.54, 1.807) is 0 Å². The van der Waals surface area contributed by atoms with Gasteiger partial charge in [-0.1, -0.05) is 61.3 Å². The number of halogens is 2. The standard InChI is InChI=1S/C13H14Cl2/c1-3-9-11-7-5-4-6-10(11)8(2)12(9)13(14)15/h4-9H,3H2,1-2H3. The number of allylic oxidation sites excluding steroid dienone is 1. The molecule has 0 amide bonds. The molecule has 0 aliphatic heterocycles. The predicted octanol–water partition coefficient (Wildman–Crippen LogP) is 4.99. The van der Waals surface area contributed by atoms with Crippen LogP contribution in [-0.4, -0.2) is 0 Å². The SMILES string of the molecule is CCC1C(=C(Cl)Cl)C(C)c2ccccc21. The third-order valence-electron chi connectivity index (χ3n) is 3.31. The Kier molecular flexibility index (Phi) is 3.08. The Hall–Kier alpha value is -0.460. The van der Waals surface area contributed by atoms with E-state index < -0.39 is 0 Å². The number of hydrogen-bond donors (Lipinski definition) is 0. The molecule has 0 aromatic heterocycles. The van der Waals surface area contributed by atoms with Crippen molar-refractivity contribution in [3.05, 3.63) is 45.5 Å². The first-order valence-electron chi connectivity index (χ1n) is 5.30. The summed E-state index contributed by atoms with van der Waals surface area (Å²) in [6.45, 7) is 4.35. The largest absolute Gasteiger partial charge is 0.107 e. The second kappa shape index (κ2) is 4.19. The molecule has 0 N–H and O–H groups in total. The summed E-state index contributed by atoms with van der Waals surface area (Å²) in [6.07, 6.45) is 1.06. The molecule has 1 aromatic carbocycles. The highest BCUT2D eigenvalue weighted by atomic mass is 35.5. The van der Waals surface area contributed by atoms with Crippen LogP contribution in [0.1, 0.15) is 43.2 Å². The van der Waals surface area contributed by atoms with Crippen LogP contribution in [0.5, 0.6) is 0 Å². The number of rotatable bonds is 1. The molecule has 1 aliphatic carbocycles. The number of hydrogen-bond acceptors (Lipinski definition) is 0. The van der Waals surface area contributed by atoms with Crippen LogP contribution in [0.15, 0.2) is 34.3 Å². The molecule has 0 heterocycles. The molecule has 80 valence electrons.